The van der Waals surface area contributed by atoms with Crippen molar-refractivity contribution in [2.75, 3.05) is 5.32 Å². The van der Waals surface area contributed by atoms with Crippen molar-refractivity contribution in [2.24, 2.45) is 5.10 Å². The van der Waals surface area contributed by atoms with E-state index in [4.69, 9.17) is 0 Å². The van der Waals surface area contributed by atoms with Crippen LogP contribution in [0.5, 0.6) is 0 Å². The molecular weight excluding hydrogens is 546 g/mol. The van der Waals surface area contributed by atoms with Crippen LogP contribution in [0.15, 0.2) is 86.8 Å². The van der Waals surface area contributed by atoms with Gasteiger partial charge in [0.25, 0.3) is 0 Å². The molecule has 1 heterocycles. The first-order chi connectivity index (χ1) is 15.9. The summed E-state index contributed by atoms with van der Waals surface area (Å²) in [5.74, 6) is -0.363. The van der Waals surface area contributed by atoms with Gasteiger partial charge >= 0.3 is 0 Å². The summed E-state index contributed by atoms with van der Waals surface area (Å²) in [6.45, 7) is 1.99. The van der Waals surface area contributed by atoms with E-state index in [2.05, 4.69) is 42.3 Å². The normalized spacial score (nSPS) is 15.3. The number of benzene rings is 3. The van der Waals surface area contributed by atoms with Gasteiger partial charge in [-0.2, -0.15) is 5.10 Å². The third-order valence-electron chi connectivity index (χ3n) is 5.50. The first kappa shape index (κ1) is 23.4. The van der Waals surface area contributed by atoms with Crippen molar-refractivity contribution in [1.82, 2.24) is 5.01 Å². The quantitative estimate of drug-likeness (QED) is 0.363. The number of aryl methyl sites for hydroxylation is 1. The van der Waals surface area contributed by atoms with Crippen LogP contribution in [0.4, 0.5) is 5.69 Å². The molecule has 0 fully saturated rings. The summed E-state index contributed by atoms with van der Waals surface area (Å²) >= 11 is 6.93. The zero-order valence-electron chi connectivity index (χ0n) is 18.1. The Bertz CT molecular complexity index is 1170. The molecule has 0 radical (unpaired) electrons. The summed E-state index contributed by atoms with van der Waals surface area (Å²) in [7, 11) is 0. The van der Waals surface area contributed by atoms with E-state index in [1.54, 1.807) is 5.01 Å². The predicted molar refractivity (Wildman–Crippen MR) is 138 cm³/mol. The Hall–Kier alpha value is -2.77. The average molecular weight is 569 g/mol. The Labute approximate surface area is 210 Å². The van der Waals surface area contributed by atoms with Crippen LogP contribution in [0, 0.1) is 6.92 Å². The van der Waals surface area contributed by atoms with E-state index in [9.17, 15) is 9.59 Å². The summed E-state index contributed by atoms with van der Waals surface area (Å²) in [4.78, 5) is 25.5. The third-order valence-corrected chi connectivity index (χ3v) is 6.56. The SMILES string of the molecule is Cc1ccc(NC(=O)CCC(=O)N2N=C(c3ccc(Br)cc3)CC2c2ccc(Br)cc2)cc1. The number of nitrogens with zero attached hydrogens (tertiary/aromatic N) is 2. The molecule has 0 aromatic heterocycles. The zero-order valence-corrected chi connectivity index (χ0v) is 21.3. The highest BCUT2D eigenvalue weighted by atomic mass is 79.9. The van der Waals surface area contributed by atoms with Crippen LogP contribution >= 0.6 is 31.9 Å². The van der Waals surface area contributed by atoms with Gasteiger partial charge in [-0.25, -0.2) is 5.01 Å². The van der Waals surface area contributed by atoms with Crippen molar-refractivity contribution in [3.63, 3.8) is 0 Å². The highest BCUT2D eigenvalue weighted by Crippen LogP contribution is 2.34. The standard InChI is InChI=1S/C26H23Br2N3O2/c1-17-2-12-22(13-3-17)29-25(32)14-15-26(33)31-24(19-6-10-21(28)11-7-19)16-23(30-31)18-4-8-20(27)9-5-18/h2-13,24H,14-16H2,1H3,(H,29,32). The lowest BCUT2D eigenvalue weighted by atomic mass is 9.98. The molecule has 0 saturated heterocycles. The van der Waals surface area contributed by atoms with Crippen LogP contribution in [0.3, 0.4) is 0 Å². The second kappa shape index (κ2) is 10.4. The van der Waals surface area contributed by atoms with E-state index in [-0.39, 0.29) is 30.7 Å². The molecule has 7 heteroatoms. The van der Waals surface area contributed by atoms with Crippen LogP contribution in [-0.4, -0.2) is 22.5 Å². The molecule has 3 aromatic rings. The maximum atomic E-state index is 13.2. The van der Waals surface area contributed by atoms with E-state index >= 15 is 0 Å². The average Bonchev–Trinajstić information content (AvgIpc) is 3.25. The number of hydrazone groups is 1. The minimum absolute atomic E-state index is 0.0852. The van der Waals surface area contributed by atoms with Crippen LogP contribution in [0.2, 0.25) is 0 Å². The molecule has 4 rings (SSSR count). The molecule has 1 aliphatic rings. The molecule has 1 unspecified atom stereocenters. The molecule has 33 heavy (non-hydrogen) atoms. The van der Waals surface area contributed by atoms with Crippen molar-refractivity contribution in [3.05, 3.63) is 98.4 Å². The van der Waals surface area contributed by atoms with Crippen molar-refractivity contribution in [1.29, 1.82) is 0 Å². The zero-order chi connectivity index (χ0) is 23.4. The summed E-state index contributed by atoms with van der Waals surface area (Å²) in [6.07, 6.45) is 0.797. The fraction of sp³-hybridized carbons (Fsp3) is 0.192. The van der Waals surface area contributed by atoms with Crippen LogP contribution in [-0.2, 0) is 9.59 Å². The van der Waals surface area contributed by atoms with Gasteiger partial charge in [0.05, 0.1) is 11.8 Å². The second-order valence-electron chi connectivity index (χ2n) is 7.98. The smallest absolute Gasteiger partial charge is 0.243 e. The molecule has 0 saturated carbocycles. The first-order valence-electron chi connectivity index (χ1n) is 10.7. The highest BCUT2D eigenvalue weighted by Gasteiger charge is 2.33. The minimum Gasteiger partial charge on any atom is -0.326 e. The highest BCUT2D eigenvalue weighted by molar-refractivity contribution is 9.10. The number of hydrogen-bond donors (Lipinski definition) is 1. The van der Waals surface area contributed by atoms with Crippen LogP contribution < -0.4 is 5.32 Å². The molecule has 5 nitrogen and oxygen atoms in total. The molecule has 2 amide bonds. The number of carbonyl (C=O) groups is 2. The predicted octanol–water partition coefficient (Wildman–Crippen LogP) is 6.62. The first-order valence-corrected chi connectivity index (χ1v) is 12.2. The Morgan fingerprint density at radius 3 is 2.15 bits per heavy atom. The van der Waals surface area contributed by atoms with E-state index in [0.29, 0.717) is 6.42 Å². The molecule has 1 N–H and O–H groups in total. The van der Waals surface area contributed by atoms with Gasteiger partial charge < -0.3 is 5.32 Å². The molecule has 1 atom stereocenters. The van der Waals surface area contributed by atoms with Crippen molar-refractivity contribution < 1.29 is 9.59 Å². The Kier molecular flexibility index (Phi) is 7.40. The molecule has 1 aliphatic heterocycles. The van der Waals surface area contributed by atoms with Gasteiger partial charge in [-0.05, 0) is 54.4 Å². The van der Waals surface area contributed by atoms with Crippen LogP contribution in [0.25, 0.3) is 0 Å². The van der Waals surface area contributed by atoms with Gasteiger partial charge in [0.1, 0.15) is 0 Å². The summed E-state index contributed by atoms with van der Waals surface area (Å²) in [5, 5.41) is 9.07. The van der Waals surface area contributed by atoms with Crippen molar-refractivity contribution in [3.8, 4) is 0 Å². The molecule has 0 bridgehead atoms. The Morgan fingerprint density at radius 1 is 0.909 bits per heavy atom. The fourth-order valence-electron chi connectivity index (χ4n) is 3.70. The Morgan fingerprint density at radius 2 is 1.52 bits per heavy atom. The topological polar surface area (TPSA) is 61.8 Å². The summed E-state index contributed by atoms with van der Waals surface area (Å²) in [6, 6.07) is 23.2. The largest absolute Gasteiger partial charge is 0.326 e. The number of anilines is 1. The molecule has 168 valence electrons. The maximum Gasteiger partial charge on any atom is 0.243 e. The van der Waals surface area contributed by atoms with E-state index < -0.39 is 0 Å². The second-order valence-corrected chi connectivity index (χ2v) is 9.81. The number of carbonyl (C=O) groups excluding carboxylic acids is 2. The lowest BCUT2D eigenvalue weighted by Gasteiger charge is -2.22. The van der Waals surface area contributed by atoms with Crippen molar-refractivity contribution in [2.45, 2.75) is 32.2 Å². The molecule has 0 aliphatic carbocycles. The number of amides is 2. The number of nitrogens with one attached hydrogen (secondary N) is 1. The Balaban J connectivity index is 1.48. The maximum absolute atomic E-state index is 13.2. The van der Waals surface area contributed by atoms with Gasteiger partial charge in [0.15, 0.2) is 0 Å². The van der Waals surface area contributed by atoms with Gasteiger partial charge in [-0.15, -0.1) is 0 Å². The minimum atomic E-state index is -0.204. The lowest BCUT2D eigenvalue weighted by molar-refractivity contribution is -0.134. The van der Waals surface area contributed by atoms with E-state index in [1.807, 2.05) is 79.7 Å². The van der Waals surface area contributed by atoms with E-state index in [1.165, 1.54) is 0 Å². The van der Waals surface area contributed by atoms with Gasteiger partial charge in [-0.3, -0.25) is 9.59 Å². The monoisotopic (exact) mass is 567 g/mol. The number of rotatable bonds is 6. The van der Waals surface area contributed by atoms with Gasteiger partial charge in [0, 0.05) is 33.9 Å². The summed E-state index contributed by atoms with van der Waals surface area (Å²) < 4.78 is 1.96. The molecule has 3 aromatic carbocycles. The van der Waals surface area contributed by atoms with E-state index in [0.717, 1.165) is 37.0 Å². The third kappa shape index (κ3) is 5.97. The number of halogens is 2. The van der Waals surface area contributed by atoms with Gasteiger partial charge in [0.2, 0.25) is 11.8 Å². The van der Waals surface area contributed by atoms with Crippen LogP contribution in [0.1, 0.15) is 42.0 Å². The van der Waals surface area contributed by atoms with Gasteiger partial charge in [-0.1, -0.05) is 73.8 Å². The molecule has 0 spiro atoms. The fourth-order valence-corrected chi connectivity index (χ4v) is 4.23. The lowest BCUT2D eigenvalue weighted by Crippen LogP contribution is -2.28. The van der Waals surface area contributed by atoms with Crippen molar-refractivity contribution >= 4 is 55.1 Å². The number of hydrogen-bond acceptors (Lipinski definition) is 3. The summed E-state index contributed by atoms with van der Waals surface area (Å²) in [5.41, 5.74) is 4.69. The molecular formula is C26H23Br2N3O2.